The first-order chi connectivity index (χ1) is 17.3. The van der Waals surface area contributed by atoms with E-state index >= 15 is 0 Å². The van der Waals surface area contributed by atoms with Gasteiger partial charge in [-0.2, -0.15) is 0 Å². The van der Waals surface area contributed by atoms with Crippen LogP contribution in [0, 0.1) is 18.3 Å². The van der Waals surface area contributed by atoms with E-state index in [2.05, 4.69) is 16.6 Å². The van der Waals surface area contributed by atoms with Gasteiger partial charge in [0.15, 0.2) is 0 Å². The van der Waals surface area contributed by atoms with Crippen molar-refractivity contribution < 1.29 is 28.7 Å². The molecule has 0 radical (unpaired) electrons. The molecule has 0 aromatic heterocycles. The zero-order chi connectivity index (χ0) is 28.2. The van der Waals surface area contributed by atoms with E-state index in [9.17, 15) is 19.2 Å². The van der Waals surface area contributed by atoms with Gasteiger partial charge in [-0.25, -0.2) is 4.79 Å². The molecule has 2 N–H and O–H groups in total. The van der Waals surface area contributed by atoms with Crippen molar-refractivity contribution in [2.75, 3.05) is 19.7 Å². The summed E-state index contributed by atoms with van der Waals surface area (Å²) in [5, 5.41) is 5.42. The average molecular weight is 516 g/mol. The molecular weight excluding hydrogens is 474 g/mol. The Morgan fingerprint density at radius 2 is 1.70 bits per heavy atom. The average Bonchev–Trinajstić information content (AvgIpc) is 2.81. The molecule has 0 saturated carbocycles. The molecule has 9 nitrogen and oxygen atoms in total. The molecule has 0 heterocycles. The maximum atomic E-state index is 13.9. The van der Waals surface area contributed by atoms with Gasteiger partial charge in [-0.15, -0.1) is 6.42 Å². The number of carbonyl (C=O) groups excluding carboxylic acids is 4. The van der Waals surface area contributed by atoms with Gasteiger partial charge in [-0.3, -0.25) is 14.4 Å². The van der Waals surface area contributed by atoms with Crippen molar-refractivity contribution >= 4 is 23.9 Å². The van der Waals surface area contributed by atoms with E-state index in [0.29, 0.717) is 17.5 Å². The molecule has 0 aliphatic rings. The van der Waals surface area contributed by atoms with Gasteiger partial charge in [0.1, 0.15) is 17.7 Å². The molecule has 3 amide bonds. The summed E-state index contributed by atoms with van der Waals surface area (Å²) < 4.78 is 10.3. The van der Waals surface area contributed by atoms with Gasteiger partial charge in [0, 0.05) is 18.7 Å². The van der Waals surface area contributed by atoms with Crippen LogP contribution < -0.4 is 10.6 Å². The second kappa shape index (κ2) is 14.9. The minimum absolute atomic E-state index is 0.00112. The maximum absolute atomic E-state index is 13.9. The maximum Gasteiger partial charge on any atom is 0.408 e. The Balaban J connectivity index is 3.34. The molecule has 0 spiro atoms. The normalized spacial score (nSPS) is 12.6. The van der Waals surface area contributed by atoms with Crippen molar-refractivity contribution in [1.29, 1.82) is 0 Å². The summed E-state index contributed by atoms with van der Waals surface area (Å²) in [6.45, 7) is 13.0. The van der Waals surface area contributed by atoms with Crippen molar-refractivity contribution in [2.24, 2.45) is 5.92 Å². The quantitative estimate of drug-likeness (QED) is 0.325. The fourth-order valence-electron chi connectivity index (χ4n) is 3.59. The Morgan fingerprint density at radius 3 is 2.19 bits per heavy atom. The van der Waals surface area contributed by atoms with E-state index in [1.807, 2.05) is 6.92 Å². The molecule has 0 aliphatic heterocycles. The lowest BCUT2D eigenvalue weighted by atomic mass is 9.98. The van der Waals surface area contributed by atoms with Crippen LogP contribution in [0.1, 0.15) is 78.5 Å². The first kappa shape index (κ1) is 31.5. The standard InChI is InChI=1S/C28H41N3O6/c1-9-18-31(26(34)23(19(4)5)30-27(35)37-28(6,7)8)24(21-14-12-20(10-2)13-15-21)25(33)29-17-16-22(32)36-11-3/h2,12-15,19,23-24H,9,11,16-18H2,1,3-8H3,(H,29,33)(H,30,35). The Morgan fingerprint density at radius 1 is 1.08 bits per heavy atom. The lowest BCUT2D eigenvalue weighted by Gasteiger charge is -2.35. The molecule has 0 aliphatic carbocycles. The number of hydrogen-bond acceptors (Lipinski definition) is 6. The molecule has 2 unspecified atom stereocenters. The van der Waals surface area contributed by atoms with Crippen LogP contribution in [0.15, 0.2) is 24.3 Å². The summed E-state index contributed by atoms with van der Waals surface area (Å²) >= 11 is 0. The summed E-state index contributed by atoms with van der Waals surface area (Å²) in [7, 11) is 0. The molecule has 1 aromatic carbocycles. The van der Waals surface area contributed by atoms with Crippen molar-refractivity contribution in [3.63, 3.8) is 0 Å². The van der Waals surface area contributed by atoms with Crippen LogP contribution in [0.25, 0.3) is 0 Å². The van der Waals surface area contributed by atoms with E-state index in [0.717, 1.165) is 0 Å². The zero-order valence-electron chi connectivity index (χ0n) is 23.1. The first-order valence-electron chi connectivity index (χ1n) is 12.6. The van der Waals surface area contributed by atoms with Gasteiger partial charge >= 0.3 is 12.1 Å². The molecule has 204 valence electrons. The number of alkyl carbamates (subject to hydrolysis) is 1. The lowest BCUT2D eigenvalue weighted by Crippen LogP contribution is -2.55. The number of esters is 1. The fourth-order valence-corrected chi connectivity index (χ4v) is 3.59. The third-order valence-corrected chi connectivity index (χ3v) is 5.24. The van der Waals surface area contributed by atoms with Gasteiger partial charge in [0.25, 0.3) is 0 Å². The highest BCUT2D eigenvalue weighted by atomic mass is 16.6. The number of nitrogens with one attached hydrogen (secondary N) is 2. The van der Waals surface area contributed by atoms with Crippen LogP contribution in [0.3, 0.4) is 0 Å². The number of terminal acetylenes is 1. The molecule has 0 fully saturated rings. The number of benzene rings is 1. The van der Waals surface area contributed by atoms with E-state index in [1.165, 1.54) is 4.90 Å². The summed E-state index contributed by atoms with van der Waals surface area (Å²) in [5.74, 6) is 0.945. The molecule has 37 heavy (non-hydrogen) atoms. The largest absolute Gasteiger partial charge is 0.466 e. The second-order valence-electron chi connectivity index (χ2n) is 9.91. The highest BCUT2D eigenvalue weighted by Crippen LogP contribution is 2.25. The predicted octanol–water partition coefficient (Wildman–Crippen LogP) is 3.57. The number of amides is 3. The Labute approximate surface area is 220 Å². The Bertz CT molecular complexity index is 960. The molecule has 2 atom stereocenters. The van der Waals surface area contributed by atoms with Crippen LogP contribution in [-0.2, 0) is 23.9 Å². The van der Waals surface area contributed by atoms with Crippen molar-refractivity contribution in [3.05, 3.63) is 35.4 Å². The molecule has 1 aromatic rings. The van der Waals surface area contributed by atoms with E-state index < -0.39 is 41.6 Å². The second-order valence-corrected chi connectivity index (χ2v) is 9.91. The van der Waals surface area contributed by atoms with Crippen molar-refractivity contribution in [2.45, 2.75) is 79.0 Å². The van der Waals surface area contributed by atoms with Crippen LogP contribution in [-0.4, -0.2) is 60.1 Å². The smallest absolute Gasteiger partial charge is 0.408 e. The monoisotopic (exact) mass is 515 g/mol. The minimum atomic E-state index is -1.01. The van der Waals surface area contributed by atoms with Crippen molar-refractivity contribution in [1.82, 2.24) is 15.5 Å². The summed E-state index contributed by atoms with van der Waals surface area (Å²) in [6.07, 6.45) is 5.33. The Kier molecular flexibility index (Phi) is 12.7. The van der Waals surface area contributed by atoms with Crippen LogP contribution in [0.2, 0.25) is 0 Å². The zero-order valence-corrected chi connectivity index (χ0v) is 23.1. The summed E-state index contributed by atoms with van der Waals surface area (Å²) in [6, 6.07) is 4.85. The summed E-state index contributed by atoms with van der Waals surface area (Å²) in [5.41, 5.74) is 0.442. The fraction of sp³-hybridized carbons (Fsp3) is 0.571. The van der Waals surface area contributed by atoms with Crippen molar-refractivity contribution in [3.8, 4) is 12.3 Å². The number of hydrogen-bond donors (Lipinski definition) is 2. The first-order valence-corrected chi connectivity index (χ1v) is 12.6. The molecule has 0 bridgehead atoms. The van der Waals surface area contributed by atoms with Gasteiger partial charge in [-0.05, 0) is 57.7 Å². The third kappa shape index (κ3) is 10.5. The number of rotatable bonds is 12. The molecular formula is C28H41N3O6. The van der Waals surface area contributed by atoms with E-state index in [1.54, 1.807) is 65.8 Å². The van der Waals surface area contributed by atoms with Gasteiger partial charge < -0.3 is 25.0 Å². The van der Waals surface area contributed by atoms with Crippen LogP contribution in [0.5, 0.6) is 0 Å². The highest BCUT2D eigenvalue weighted by Gasteiger charge is 2.37. The van der Waals surface area contributed by atoms with E-state index in [4.69, 9.17) is 15.9 Å². The van der Waals surface area contributed by atoms with Gasteiger partial charge in [-0.1, -0.05) is 38.8 Å². The highest BCUT2D eigenvalue weighted by molar-refractivity contribution is 5.92. The van der Waals surface area contributed by atoms with Gasteiger partial charge in [0.2, 0.25) is 11.8 Å². The van der Waals surface area contributed by atoms with Crippen LogP contribution >= 0.6 is 0 Å². The third-order valence-electron chi connectivity index (χ3n) is 5.24. The SMILES string of the molecule is C#Cc1ccc(C(C(=O)NCCC(=O)OCC)N(CCC)C(=O)C(NC(=O)OC(C)(C)C)C(C)C)cc1. The number of ether oxygens (including phenoxy) is 2. The summed E-state index contributed by atoms with van der Waals surface area (Å²) in [4.78, 5) is 53.0. The van der Waals surface area contributed by atoms with Gasteiger partial charge in [0.05, 0.1) is 13.0 Å². The van der Waals surface area contributed by atoms with Crippen LogP contribution in [0.4, 0.5) is 4.79 Å². The molecule has 0 saturated heterocycles. The molecule has 9 heteroatoms. The molecule has 1 rings (SSSR count). The lowest BCUT2D eigenvalue weighted by molar-refractivity contribution is -0.144. The Hall–Kier alpha value is -3.54. The number of nitrogens with zero attached hydrogens (tertiary/aromatic N) is 1. The topological polar surface area (TPSA) is 114 Å². The minimum Gasteiger partial charge on any atom is -0.466 e. The van der Waals surface area contributed by atoms with E-state index in [-0.39, 0.29) is 32.0 Å². The number of carbonyl (C=O) groups is 4. The predicted molar refractivity (Wildman–Crippen MR) is 141 cm³/mol.